The van der Waals surface area contributed by atoms with Crippen LogP contribution in [0.25, 0.3) is 0 Å². The second kappa shape index (κ2) is 6.92. The van der Waals surface area contributed by atoms with E-state index in [2.05, 4.69) is 49.5 Å². The molecule has 0 amide bonds. The fourth-order valence-corrected chi connectivity index (χ4v) is 2.85. The molecule has 0 spiro atoms. The van der Waals surface area contributed by atoms with Crippen molar-refractivity contribution in [3.05, 3.63) is 69.7 Å². The smallest absolute Gasteiger partial charge is 0.0441 e. The lowest BCUT2D eigenvalue weighted by atomic mass is 9.90. The number of benzene rings is 2. The number of halogens is 1. The zero-order valence-corrected chi connectivity index (χ0v) is 13.2. The monoisotopic (exact) mass is 287 g/mol. The van der Waals surface area contributed by atoms with Gasteiger partial charge in [-0.2, -0.15) is 0 Å². The summed E-state index contributed by atoms with van der Waals surface area (Å²) in [5, 5.41) is 4.14. The van der Waals surface area contributed by atoms with Crippen molar-refractivity contribution in [2.45, 2.75) is 26.2 Å². The van der Waals surface area contributed by atoms with Crippen molar-refractivity contribution in [1.82, 2.24) is 5.32 Å². The van der Waals surface area contributed by atoms with Crippen molar-refractivity contribution in [2.75, 3.05) is 13.6 Å². The van der Waals surface area contributed by atoms with E-state index in [1.54, 1.807) is 0 Å². The van der Waals surface area contributed by atoms with Crippen LogP contribution in [0.3, 0.4) is 0 Å². The largest absolute Gasteiger partial charge is 0.319 e. The molecule has 1 unspecified atom stereocenters. The number of hydrogen-bond donors (Lipinski definition) is 1. The minimum Gasteiger partial charge on any atom is -0.319 e. The van der Waals surface area contributed by atoms with Crippen LogP contribution in [0.15, 0.2) is 42.5 Å². The molecule has 20 heavy (non-hydrogen) atoms. The first-order valence-electron chi connectivity index (χ1n) is 7.07. The quantitative estimate of drug-likeness (QED) is 0.853. The number of likely N-dealkylation sites (N-methyl/N-ethyl adjacent to an activating group) is 1. The summed E-state index contributed by atoms with van der Waals surface area (Å²) in [5.74, 6) is 0.399. The van der Waals surface area contributed by atoms with E-state index < -0.39 is 0 Å². The normalized spacial score (nSPS) is 12.4. The summed E-state index contributed by atoms with van der Waals surface area (Å²) >= 11 is 6.35. The Morgan fingerprint density at radius 2 is 1.80 bits per heavy atom. The summed E-state index contributed by atoms with van der Waals surface area (Å²) < 4.78 is 0. The fourth-order valence-electron chi connectivity index (χ4n) is 2.56. The molecule has 1 atom stereocenters. The molecule has 0 saturated heterocycles. The zero-order chi connectivity index (χ0) is 14.5. The molecule has 0 heterocycles. The lowest BCUT2D eigenvalue weighted by Crippen LogP contribution is -2.19. The first-order chi connectivity index (χ1) is 9.61. The van der Waals surface area contributed by atoms with Crippen LogP contribution >= 0.6 is 11.6 Å². The Balaban J connectivity index is 2.25. The Morgan fingerprint density at radius 1 is 1.05 bits per heavy atom. The first-order valence-corrected chi connectivity index (χ1v) is 7.44. The van der Waals surface area contributed by atoms with Crippen LogP contribution in [-0.4, -0.2) is 13.6 Å². The molecule has 0 aliphatic rings. The van der Waals surface area contributed by atoms with Crippen molar-refractivity contribution < 1.29 is 0 Å². The molecule has 0 aliphatic carbocycles. The van der Waals surface area contributed by atoms with Gasteiger partial charge < -0.3 is 5.32 Å². The molecule has 0 saturated carbocycles. The Morgan fingerprint density at radius 3 is 2.45 bits per heavy atom. The summed E-state index contributed by atoms with van der Waals surface area (Å²) in [6.07, 6.45) is 1.01. The number of aryl methyl sites for hydroxylation is 2. The summed E-state index contributed by atoms with van der Waals surface area (Å²) in [5.41, 5.74) is 5.29. The molecule has 0 bridgehead atoms. The maximum Gasteiger partial charge on any atom is 0.0441 e. The molecule has 0 aromatic heterocycles. The Bertz CT molecular complexity index is 577. The molecule has 1 nitrogen and oxygen atoms in total. The van der Waals surface area contributed by atoms with Crippen LogP contribution in [0.2, 0.25) is 5.02 Å². The van der Waals surface area contributed by atoms with Crippen LogP contribution in [0, 0.1) is 13.8 Å². The predicted octanol–water partition coefficient (Wildman–Crippen LogP) is 4.50. The third-order valence-electron chi connectivity index (χ3n) is 3.85. The minimum atomic E-state index is 0.399. The van der Waals surface area contributed by atoms with Gasteiger partial charge in [-0.05, 0) is 55.6 Å². The molecule has 0 aliphatic heterocycles. The highest BCUT2D eigenvalue weighted by atomic mass is 35.5. The molecule has 0 fully saturated rings. The SMILES string of the molecule is CNCC(Cc1ccc(C)c(C)c1)c1ccccc1Cl. The molecule has 2 aromatic rings. The van der Waals surface area contributed by atoms with E-state index in [0.29, 0.717) is 5.92 Å². The highest BCUT2D eigenvalue weighted by Gasteiger charge is 2.14. The third-order valence-corrected chi connectivity index (χ3v) is 4.19. The predicted molar refractivity (Wildman–Crippen MR) is 87.7 cm³/mol. The summed E-state index contributed by atoms with van der Waals surface area (Å²) in [4.78, 5) is 0. The maximum atomic E-state index is 6.35. The van der Waals surface area contributed by atoms with Crippen molar-refractivity contribution in [1.29, 1.82) is 0 Å². The van der Waals surface area contributed by atoms with Crippen molar-refractivity contribution in [2.24, 2.45) is 0 Å². The van der Waals surface area contributed by atoms with E-state index in [9.17, 15) is 0 Å². The minimum absolute atomic E-state index is 0.399. The fraction of sp³-hybridized carbons (Fsp3) is 0.333. The molecular weight excluding hydrogens is 266 g/mol. The standard InChI is InChI=1S/C18H22ClN/c1-13-8-9-15(10-14(13)2)11-16(12-20-3)17-6-4-5-7-18(17)19/h4-10,16,20H,11-12H2,1-3H3. The lowest BCUT2D eigenvalue weighted by molar-refractivity contribution is 0.625. The van der Waals surface area contributed by atoms with Crippen molar-refractivity contribution in [3.8, 4) is 0 Å². The van der Waals surface area contributed by atoms with Gasteiger partial charge in [0.2, 0.25) is 0 Å². The van der Waals surface area contributed by atoms with Crippen LogP contribution < -0.4 is 5.32 Å². The third kappa shape index (κ3) is 3.62. The van der Waals surface area contributed by atoms with Gasteiger partial charge in [0.1, 0.15) is 0 Å². The molecule has 0 radical (unpaired) electrons. The van der Waals surface area contributed by atoms with Gasteiger partial charge in [0.15, 0.2) is 0 Å². The van der Waals surface area contributed by atoms with E-state index in [0.717, 1.165) is 18.0 Å². The Kier molecular flexibility index (Phi) is 5.22. The first kappa shape index (κ1) is 15.1. The summed E-state index contributed by atoms with van der Waals surface area (Å²) in [6.45, 7) is 5.25. The van der Waals surface area contributed by atoms with Gasteiger partial charge >= 0.3 is 0 Å². The van der Waals surface area contributed by atoms with Crippen molar-refractivity contribution >= 4 is 11.6 Å². The second-order valence-corrected chi connectivity index (χ2v) is 5.81. The Hall–Kier alpha value is -1.31. The van der Waals surface area contributed by atoms with E-state index in [-0.39, 0.29) is 0 Å². The van der Waals surface area contributed by atoms with E-state index >= 15 is 0 Å². The molecule has 2 heteroatoms. The van der Waals surface area contributed by atoms with Crippen molar-refractivity contribution in [3.63, 3.8) is 0 Å². The van der Waals surface area contributed by atoms with Gasteiger partial charge in [0.25, 0.3) is 0 Å². The van der Waals surface area contributed by atoms with Crippen LogP contribution in [0.1, 0.15) is 28.2 Å². The number of nitrogens with one attached hydrogen (secondary N) is 1. The molecular formula is C18H22ClN. The average Bonchev–Trinajstić information content (AvgIpc) is 2.43. The average molecular weight is 288 g/mol. The van der Waals surface area contributed by atoms with E-state index in [1.165, 1.54) is 22.3 Å². The van der Waals surface area contributed by atoms with Gasteiger partial charge in [0, 0.05) is 17.5 Å². The zero-order valence-electron chi connectivity index (χ0n) is 12.4. The maximum absolute atomic E-state index is 6.35. The Labute approximate surface area is 127 Å². The topological polar surface area (TPSA) is 12.0 Å². The second-order valence-electron chi connectivity index (χ2n) is 5.40. The molecule has 106 valence electrons. The van der Waals surface area contributed by atoms with Crippen LogP contribution in [0.5, 0.6) is 0 Å². The van der Waals surface area contributed by atoms with Gasteiger partial charge in [-0.15, -0.1) is 0 Å². The van der Waals surface area contributed by atoms with Gasteiger partial charge in [-0.3, -0.25) is 0 Å². The van der Waals surface area contributed by atoms with Crippen LogP contribution in [-0.2, 0) is 6.42 Å². The molecule has 2 aromatic carbocycles. The number of hydrogen-bond acceptors (Lipinski definition) is 1. The van der Waals surface area contributed by atoms with E-state index in [1.807, 2.05) is 19.2 Å². The molecule has 2 rings (SSSR count). The van der Waals surface area contributed by atoms with Gasteiger partial charge in [0.05, 0.1) is 0 Å². The van der Waals surface area contributed by atoms with E-state index in [4.69, 9.17) is 11.6 Å². The summed E-state index contributed by atoms with van der Waals surface area (Å²) in [7, 11) is 1.99. The summed E-state index contributed by atoms with van der Waals surface area (Å²) in [6, 6.07) is 14.9. The highest BCUT2D eigenvalue weighted by Crippen LogP contribution is 2.27. The highest BCUT2D eigenvalue weighted by molar-refractivity contribution is 6.31. The molecule has 1 N–H and O–H groups in total. The number of rotatable bonds is 5. The van der Waals surface area contributed by atoms with Gasteiger partial charge in [-0.1, -0.05) is 48.0 Å². The van der Waals surface area contributed by atoms with Crippen LogP contribution in [0.4, 0.5) is 0 Å². The lowest BCUT2D eigenvalue weighted by Gasteiger charge is -2.19. The van der Waals surface area contributed by atoms with Gasteiger partial charge in [-0.25, -0.2) is 0 Å².